The maximum Gasteiger partial charge on any atom is 0.269 e. The molecule has 1 unspecified atom stereocenters. The van der Waals surface area contributed by atoms with Gasteiger partial charge in [-0.2, -0.15) is 5.11 Å². The Morgan fingerprint density at radius 3 is 1.75 bits per heavy atom. The molecule has 168 valence electrons. The summed E-state index contributed by atoms with van der Waals surface area (Å²) in [5.74, 6) is -0.395. The van der Waals surface area contributed by atoms with Gasteiger partial charge in [0.15, 0.2) is 0 Å². The Balaban J connectivity index is 0.00000363. The summed E-state index contributed by atoms with van der Waals surface area (Å²) in [6.45, 7) is 1.93. The lowest BCUT2D eigenvalue weighted by Gasteiger charge is -2.25. The lowest BCUT2D eigenvalue weighted by Crippen LogP contribution is -3.00. The van der Waals surface area contributed by atoms with Crippen molar-refractivity contribution < 1.29 is 21.5 Å². The Morgan fingerprint density at radius 1 is 0.875 bits per heavy atom. The molecule has 0 aromatic heterocycles. The number of nitro groups is 1. The van der Waals surface area contributed by atoms with Crippen LogP contribution in [-0.4, -0.2) is 27.4 Å². The lowest BCUT2D eigenvalue weighted by molar-refractivity contribution is -0.384. The minimum Gasteiger partial charge on any atom is -1.00 e. The predicted octanol–water partition coefficient (Wildman–Crippen LogP) is 2.34. The van der Waals surface area contributed by atoms with Gasteiger partial charge >= 0.3 is 0 Å². The van der Waals surface area contributed by atoms with Crippen LogP contribution < -0.4 is 23.0 Å². The fourth-order valence-corrected chi connectivity index (χ4v) is 9.63. The molecule has 0 aliphatic heterocycles. The Labute approximate surface area is 195 Å². The summed E-state index contributed by atoms with van der Waals surface area (Å²) >= 11 is 0. The van der Waals surface area contributed by atoms with E-state index in [1.807, 2.05) is 67.6 Å². The third kappa shape index (κ3) is 5.97. The molecule has 32 heavy (non-hydrogen) atoms. The van der Waals surface area contributed by atoms with Crippen molar-refractivity contribution in [3.05, 3.63) is 95.0 Å². The maximum absolute atomic E-state index is 13.0. The van der Waals surface area contributed by atoms with E-state index < -0.39 is 27.8 Å². The molecule has 0 saturated carbocycles. The Hall–Kier alpha value is -2.67. The van der Waals surface area contributed by atoms with E-state index >= 15 is 0 Å². The molecule has 0 spiro atoms. The molecule has 0 bridgehead atoms. The van der Waals surface area contributed by atoms with E-state index in [1.54, 1.807) is 24.6 Å². The third-order valence-electron chi connectivity index (χ3n) is 4.57. The summed E-state index contributed by atoms with van der Waals surface area (Å²) in [6.07, 6.45) is 3.27. The quantitative estimate of drug-likeness (QED) is 0.220. The van der Waals surface area contributed by atoms with E-state index in [-0.39, 0.29) is 18.1 Å². The Bertz CT molecular complexity index is 1150. The third-order valence-corrected chi connectivity index (χ3v) is 10.5. The van der Waals surface area contributed by atoms with Crippen LogP contribution >= 0.6 is 7.41 Å². The summed E-state index contributed by atoms with van der Waals surface area (Å²) in [5, 5.41) is 21.7. The number of hydrogen-bond acceptors (Lipinski definition) is 6. The Morgan fingerprint density at radius 2 is 1.34 bits per heavy atom. The van der Waals surface area contributed by atoms with E-state index in [1.165, 1.54) is 12.1 Å². The summed E-state index contributed by atoms with van der Waals surface area (Å²) in [5.41, 5.74) is 0.500. The van der Waals surface area contributed by atoms with Crippen LogP contribution in [0.25, 0.3) is 0 Å². The zero-order valence-electron chi connectivity index (χ0n) is 17.9. The molecule has 0 aliphatic carbocycles. The first kappa shape index (κ1) is 25.6. The minimum absolute atomic E-state index is 0. The highest BCUT2D eigenvalue weighted by atomic mass is 35.5. The molecule has 3 aromatic carbocycles. The molecule has 0 saturated heterocycles. The van der Waals surface area contributed by atoms with Crippen LogP contribution in [0.1, 0.15) is 6.92 Å². The summed E-state index contributed by atoms with van der Waals surface area (Å²) in [7, 11) is -5.07. The van der Waals surface area contributed by atoms with E-state index in [0.29, 0.717) is 5.69 Å². The zero-order valence-corrected chi connectivity index (χ0v) is 20.4. The fourth-order valence-electron chi connectivity index (χ4n) is 3.23. The number of hydrogen-bond donors (Lipinski definition) is 0. The van der Waals surface area contributed by atoms with Gasteiger partial charge in [0.2, 0.25) is 13.2 Å². The van der Waals surface area contributed by atoms with Gasteiger partial charge in [-0.15, -0.1) is 5.11 Å². The van der Waals surface area contributed by atoms with Crippen LogP contribution in [-0.2, 0) is 9.73 Å². The second-order valence-electron chi connectivity index (χ2n) is 7.24. The van der Waals surface area contributed by atoms with Crippen LogP contribution in [0.3, 0.4) is 0 Å². The first-order chi connectivity index (χ1) is 14.7. The largest absolute Gasteiger partial charge is 1.00 e. The second-order valence-corrected chi connectivity index (χ2v) is 13.4. The molecule has 0 fully saturated rings. The van der Waals surface area contributed by atoms with Crippen molar-refractivity contribution in [1.82, 2.24) is 0 Å². The van der Waals surface area contributed by atoms with Gasteiger partial charge in [-0.3, -0.25) is 10.1 Å². The number of non-ortho nitro benzene ring substituents is 1. The highest BCUT2D eigenvalue weighted by Crippen LogP contribution is 2.63. The number of rotatable bonds is 7. The molecule has 1 atom stereocenters. The minimum atomic E-state index is -2.59. The topological polar surface area (TPSA) is 97.3 Å². The molecule has 0 amide bonds. The highest BCUT2D eigenvalue weighted by molar-refractivity contribution is 8.01. The highest BCUT2D eigenvalue weighted by Gasteiger charge is 2.51. The molecule has 0 aliphatic rings. The van der Waals surface area contributed by atoms with Gasteiger partial charge in [0.1, 0.15) is 10.6 Å². The molecule has 10 heteroatoms. The van der Waals surface area contributed by atoms with Gasteiger partial charge < -0.3 is 12.4 Å². The van der Waals surface area contributed by atoms with Crippen molar-refractivity contribution in [1.29, 1.82) is 0 Å². The van der Waals surface area contributed by atoms with Crippen molar-refractivity contribution >= 4 is 39.1 Å². The SMILES string of the molecule is CC(N=Nc1ccc([N+](=O)[O-])cc1)[P+](N=S(C)(C)=O)(c1ccccc1)c1ccccc1.[Cl-]. The van der Waals surface area contributed by atoms with Gasteiger partial charge in [0.05, 0.1) is 20.3 Å². The van der Waals surface area contributed by atoms with Crippen molar-refractivity contribution in [2.24, 2.45) is 14.4 Å². The summed E-state index contributed by atoms with van der Waals surface area (Å²) < 4.78 is 17.9. The average molecular weight is 491 g/mol. The number of nitrogens with zero attached hydrogens (tertiary/aromatic N) is 4. The molecule has 7 nitrogen and oxygen atoms in total. The fraction of sp³-hybridized carbons (Fsp3) is 0.182. The van der Waals surface area contributed by atoms with Gasteiger partial charge in [-0.25, -0.2) is 4.21 Å². The molecule has 0 radical (unpaired) electrons. The predicted molar refractivity (Wildman–Crippen MR) is 129 cm³/mol. The molecule has 0 heterocycles. The monoisotopic (exact) mass is 490 g/mol. The molecule has 3 aromatic rings. The summed E-state index contributed by atoms with van der Waals surface area (Å²) in [4.78, 5) is 10.4. The normalized spacial score (nSPS) is 12.7. The van der Waals surface area contributed by atoms with Gasteiger partial charge in [0, 0.05) is 24.6 Å². The van der Waals surface area contributed by atoms with E-state index in [9.17, 15) is 14.3 Å². The molecular formula is C22H24ClN4O3PS. The first-order valence-corrected chi connectivity index (χ1v) is 13.7. The van der Waals surface area contributed by atoms with Gasteiger partial charge in [-0.1, -0.05) is 40.5 Å². The van der Waals surface area contributed by atoms with Crippen LogP contribution in [0.2, 0.25) is 0 Å². The van der Waals surface area contributed by atoms with E-state index in [0.717, 1.165) is 10.6 Å². The standard InChI is InChI=1S/C22H24N4O3PS.ClH/c1-18(23-24-19-14-16-20(17-15-19)26(27)28)30(25-31(2,3)29,21-10-6-4-7-11-21)22-12-8-5-9-13-22;/h4-18H,1-3H3;1H/q+1;/p-1. The van der Waals surface area contributed by atoms with E-state index in [2.05, 4.69) is 10.2 Å². The molecule has 3 rings (SSSR count). The maximum atomic E-state index is 13.0. The lowest BCUT2D eigenvalue weighted by atomic mass is 10.3. The van der Waals surface area contributed by atoms with Crippen LogP contribution in [0.15, 0.2) is 99.3 Å². The molecular weight excluding hydrogens is 467 g/mol. The van der Waals surface area contributed by atoms with Crippen molar-refractivity contribution in [3.8, 4) is 0 Å². The average Bonchev–Trinajstić information content (AvgIpc) is 2.76. The van der Waals surface area contributed by atoms with Crippen LogP contribution in [0, 0.1) is 10.1 Å². The smallest absolute Gasteiger partial charge is 0.269 e. The van der Waals surface area contributed by atoms with Crippen molar-refractivity contribution in [3.63, 3.8) is 0 Å². The van der Waals surface area contributed by atoms with Crippen LogP contribution in [0.5, 0.6) is 0 Å². The van der Waals surface area contributed by atoms with Crippen molar-refractivity contribution in [2.75, 3.05) is 12.5 Å². The zero-order chi connectivity index (χ0) is 22.5. The van der Waals surface area contributed by atoms with Crippen LogP contribution in [0.4, 0.5) is 11.4 Å². The molecule has 0 N–H and O–H groups in total. The number of halogens is 1. The second kappa shape index (κ2) is 10.8. The number of benzene rings is 3. The van der Waals surface area contributed by atoms with E-state index in [4.69, 9.17) is 4.13 Å². The van der Waals surface area contributed by atoms with Gasteiger partial charge in [0.25, 0.3) is 5.69 Å². The first-order valence-electron chi connectivity index (χ1n) is 9.56. The van der Waals surface area contributed by atoms with Gasteiger partial charge in [-0.05, 0) is 43.3 Å². The van der Waals surface area contributed by atoms with Crippen molar-refractivity contribution in [2.45, 2.75) is 12.7 Å². The number of azo groups is 1. The Kier molecular flexibility index (Phi) is 8.61. The summed E-state index contributed by atoms with van der Waals surface area (Å²) in [6, 6.07) is 25.5. The number of nitro benzene ring substituents is 1.